The fourth-order valence-electron chi connectivity index (χ4n) is 1.23. The Morgan fingerprint density at radius 3 is 3.09 bits per heavy atom. The summed E-state index contributed by atoms with van der Waals surface area (Å²) in [6.45, 7) is 0. The van der Waals surface area contributed by atoms with Gasteiger partial charge in [-0.05, 0) is 24.3 Å². The molecule has 0 unspecified atom stereocenters. The Hall–Kier alpha value is -1.31. The largest absolute Gasteiger partial charge is 0.359 e. The second-order valence-corrected chi connectivity index (χ2v) is 2.52. The molecule has 56 valence electrons. The summed E-state index contributed by atoms with van der Waals surface area (Å²) < 4.78 is 13.0. The molecule has 0 fully saturated rings. The summed E-state index contributed by atoms with van der Waals surface area (Å²) in [6, 6.07) is 5.12. The standard InChI is InChI=1S/C9H8FN/c10-8-5-1-3-7-4-2-6-11-9(7)8/h1-3,5-6,11H,4H2. The number of para-hydroxylation sites is 1. The van der Waals surface area contributed by atoms with Crippen LogP contribution in [-0.4, -0.2) is 0 Å². The quantitative estimate of drug-likeness (QED) is 0.596. The highest BCUT2D eigenvalue weighted by Gasteiger charge is 2.07. The third-order valence-corrected chi connectivity index (χ3v) is 1.78. The molecule has 0 spiro atoms. The molecule has 1 nitrogen and oxygen atoms in total. The fraction of sp³-hybridized carbons (Fsp3) is 0.111. The van der Waals surface area contributed by atoms with Gasteiger partial charge in [-0.25, -0.2) is 4.39 Å². The van der Waals surface area contributed by atoms with Gasteiger partial charge in [0.25, 0.3) is 0 Å². The van der Waals surface area contributed by atoms with Crippen LogP contribution in [0.25, 0.3) is 0 Å². The van der Waals surface area contributed by atoms with Crippen LogP contribution in [0.1, 0.15) is 5.56 Å². The van der Waals surface area contributed by atoms with Crippen molar-refractivity contribution in [2.24, 2.45) is 0 Å². The van der Waals surface area contributed by atoms with E-state index in [2.05, 4.69) is 5.32 Å². The van der Waals surface area contributed by atoms with Crippen LogP contribution in [0.3, 0.4) is 0 Å². The molecule has 0 saturated carbocycles. The zero-order valence-corrected chi connectivity index (χ0v) is 5.97. The topological polar surface area (TPSA) is 12.0 Å². The van der Waals surface area contributed by atoms with E-state index in [1.54, 1.807) is 12.3 Å². The lowest BCUT2D eigenvalue weighted by atomic mass is 10.1. The molecule has 1 heterocycles. The molecule has 2 rings (SSSR count). The Morgan fingerprint density at radius 1 is 1.36 bits per heavy atom. The van der Waals surface area contributed by atoms with E-state index >= 15 is 0 Å². The molecule has 0 radical (unpaired) electrons. The SMILES string of the molecule is Fc1cccc2c1NC=CC2. The Morgan fingerprint density at radius 2 is 2.27 bits per heavy atom. The van der Waals surface area contributed by atoms with Crippen molar-refractivity contribution < 1.29 is 4.39 Å². The summed E-state index contributed by atoms with van der Waals surface area (Å²) in [6.07, 6.45) is 4.56. The van der Waals surface area contributed by atoms with E-state index in [0.717, 1.165) is 12.0 Å². The number of anilines is 1. The van der Waals surface area contributed by atoms with Crippen LogP contribution in [0.5, 0.6) is 0 Å². The second-order valence-electron chi connectivity index (χ2n) is 2.52. The number of hydrogen-bond donors (Lipinski definition) is 1. The summed E-state index contributed by atoms with van der Waals surface area (Å²) in [4.78, 5) is 0. The zero-order valence-electron chi connectivity index (χ0n) is 5.97. The molecule has 11 heavy (non-hydrogen) atoms. The fourth-order valence-corrected chi connectivity index (χ4v) is 1.23. The zero-order chi connectivity index (χ0) is 7.68. The van der Waals surface area contributed by atoms with Crippen LogP contribution in [0.4, 0.5) is 10.1 Å². The maximum atomic E-state index is 13.0. The van der Waals surface area contributed by atoms with Gasteiger partial charge in [0.15, 0.2) is 0 Å². The molecule has 1 aliphatic heterocycles. The number of rotatable bonds is 0. The van der Waals surface area contributed by atoms with Crippen LogP contribution in [0.2, 0.25) is 0 Å². The molecular weight excluding hydrogens is 141 g/mol. The first-order chi connectivity index (χ1) is 5.38. The molecule has 2 heteroatoms. The van der Waals surface area contributed by atoms with Gasteiger partial charge in [-0.15, -0.1) is 0 Å². The molecular formula is C9H8FN. The van der Waals surface area contributed by atoms with Crippen molar-refractivity contribution in [1.29, 1.82) is 0 Å². The smallest absolute Gasteiger partial charge is 0.146 e. The third kappa shape index (κ3) is 1.00. The lowest BCUT2D eigenvalue weighted by molar-refractivity contribution is 0.630. The first kappa shape index (κ1) is 6.40. The van der Waals surface area contributed by atoms with Crippen LogP contribution >= 0.6 is 0 Å². The van der Waals surface area contributed by atoms with E-state index in [1.807, 2.05) is 12.1 Å². The number of allylic oxidation sites excluding steroid dienone is 1. The van der Waals surface area contributed by atoms with E-state index in [9.17, 15) is 4.39 Å². The van der Waals surface area contributed by atoms with Crippen molar-refractivity contribution in [2.75, 3.05) is 5.32 Å². The highest BCUT2D eigenvalue weighted by atomic mass is 19.1. The van der Waals surface area contributed by atoms with E-state index < -0.39 is 0 Å². The summed E-state index contributed by atoms with van der Waals surface area (Å²) >= 11 is 0. The van der Waals surface area contributed by atoms with Gasteiger partial charge in [-0.1, -0.05) is 18.2 Å². The van der Waals surface area contributed by atoms with E-state index in [-0.39, 0.29) is 5.82 Å². The van der Waals surface area contributed by atoms with Gasteiger partial charge < -0.3 is 5.32 Å². The highest BCUT2D eigenvalue weighted by Crippen LogP contribution is 2.22. The van der Waals surface area contributed by atoms with E-state index in [0.29, 0.717) is 5.69 Å². The summed E-state index contributed by atoms with van der Waals surface area (Å²) in [5, 5.41) is 2.88. The highest BCUT2D eigenvalue weighted by molar-refractivity contribution is 5.56. The number of hydrogen-bond acceptors (Lipinski definition) is 1. The number of fused-ring (bicyclic) bond motifs is 1. The maximum absolute atomic E-state index is 13.0. The molecule has 0 saturated heterocycles. The Balaban J connectivity index is 2.54. The van der Waals surface area contributed by atoms with Gasteiger partial charge in [0, 0.05) is 0 Å². The Labute approximate surface area is 64.5 Å². The molecule has 1 aromatic rings. The monoisotopic (exact) mass is 149 g/mol. The number of nitrogens with one attached hydrogen (secondary N) is 1. The summed E-state index contributed by atoms with van der Waals surface area (Å²) in [7, 11) is 0. The average molecular weight is 149 g/mol. The normalized spacial score (nSPS) is 13.9. The molecule has 1 N–H and O–H groups in total. The number of halogens is 1. The molecule has 0 atom stereocenters. The third-order valence-electron chi connectivity index (χ3n) is 1.78. The predicted molar refractivity (Wildman–Crippen MR) is 42.9 cm³/mol. The van der Waals surface area contributed by atoms with Gasteiger partial charge in [-0.2, -0.15) is 0 Å². The Bertz CT molecular complexity index is 304. The van der Waals surface area contributed by atoms with E-state index in [1.165, 1.54) is 6.07 Å². The van der Waals surface area contributed by atoms with Gasteiger partial charge >= 0.3 is 0 Å². The molecule has 1 aliphatic rings. The minimum atomic E-state index is -0.174. The van der Waals surface area contributed by atoms with Crippen LogP contribution in [0, 0.1) is 5.82 Å². The lowest BCUT2D eigenvalue weighted by Gasteiger charge is -2.12. The van der Waals surface area contributed by atoms with Crippen LogP contribution in [-0.2, 0) is 6.42 Å². The number of benzene rings is 1. The average Bonchev–Trinajstić information content (AvgIpc) is 2.06. The first-order valence-corrected chi connectivity index (χ1v) is 3.57. The van der Waals surface area contributed by atoms with Crippen LogP contribution < -0.4 is 5.32 Å². The minimum Gasteiger partial charge on any atom is -0.359 e. The second kappa shape index (κ2) is 2.38. The molecule has 0 aromatic heterocycles. The molecule has 1 aromatic carbocycles. The van der Waals surface area contributed by atoms with Gasteiger partial charge in [-0.3, -0.25) is 0 Å². The van der Waals surface area contributed by atoms with Crippen molar-refractivity contribution >= 4 is 5.69 Å². The van der Waals surface area contributed by atoms with Gasteiger partial charge in [0.2, 0.25) is 0 Å². The lowest BCUT2D eigenvalue weighted by Crippen LogP contribution is -2.01. The van der Waals surface area contributed by atoms with Crippen molar-refractivity contribution in [3.63, 3.8) is 0 Å². The van der Waals surface area contributed by atoms with Crippen LogP contribution in [0.15, 0.2) is 30.5 Å². The van der Waals surface area contributed by atoms with Crippen molar-refractivity contribution in [2.45, 2.75) is 6.42 Å². The Kier molecular flexibility index (Phi) is 1.39. The van der Waals surface area contributed by atoms with E-state index in [4.69, 9.17) is 0 Å². The molecule has 0 bridgehead atoms. The van der Waals surface area contributed by atoms with Crippen molar-refractivity contribution in [3.05, 3.63) is 41.9 Å². The predicted octanol–water partition coefficient (Wildman–Crippen LogP) is 2.31. The summed E-state index contributed by atoms with van der Waals surface area (Å²) in [5.74, 6) is -0.174. The maximum Gasteiger partial charge on any atom is 0.146 e. The first-order valence-electron chi connectivity index (χ1n) is 3.57. The van der Waals surface area contributed by atoms with Crippen molar-refractivity contribution in [1.82, 2.24) is 0 Å². The minimum absolute atomic E-state index is 0.174. The van der Waals surface area contributed by atoms with Gasteiger partial charge in [0.1, 0.15) is 5.82 Å². The van der Waals surface area contributed by atoms with Crippen molar-refractivity contribution in [3.8, 4) is 0 Å². The van der Waals surface area contributed by atoms with Gasteiger partial charge in [0.05, 0.1) is 5.69 Å². The molecule has 0 aliphatic carbocycles. The summed E-state index contributed by atoms with van der Waals surface area (Å²) in [5.41, 5.74) is 1.64. The molecule has 0 amide bonds.